The van der Waals surface area contributed by atoms with Gasteiger partial charge in [-0.1, -0.05) is 12.1 Å². The number of nitrogens with zero attached hydrogens (tertiary/aromatic N) is 2. The molecule has 0 bridgehead atoms. The van der Waals surface area contributed by atoms with Crippen molar-refractivity contribution in [2.75, 3.05) is 0 Å². The van der Waals surface area contributed by atoms with Crippen LogP contribution in [0.15, 0.2) is 41.5 Å². The van der Waals surface area contributed by atoms with Crippen LogP contribution in [0.5, 0.6) is 5.75 Å². The number of carbonyl (C=O) groups excluding carboxylic acids is 1. The molecule has 2 rings (SSSR count). The molecule has 0 heterocycles. The van der Waals surface area contributed by atoms with Crippen LogP contribution in [0.4, 0.5) is 0 Å². The van der Waals surface area contributed by atoms with Gasteiger partial charge in [0.25, 0.3) is 5.91 Å². The average Bonchev–Trinajstić information content (AvgIpc) is 2.61. The molecular formula is C18H13I2N3O4. The zero-order chi connectivity index (χ0) is 19.8. The van der Waals surface area contributed by atoms with Gasteiger partial charge >= 0.3 is 5.97 Å². The number of hydrogen-bond donors (Lipinski definition) is 2. The zero-order valence-electron chi connectivity index (χ0n) is 13.8. The van der Waals surface area contributed by atoms with E-state index in [4.69, 9.17) is 15.1 Å². The van der Waals surface area contributed by atoms with Crippen LogP contribution >= 0.6 is 45.2 Å². The fraction of sp³-hybridized carbons (Fsp3) is 0.111. The molecule has 0 aliphatic rings. The molecule has 2 aromatic rings. The second-order valence-corrected chi connectivity index (χ2v) is 7.56. The number of ether oxygens (including phenoxy) is 1. The number of carbonyl (C=O) groups is 2. The van der Waals surface area contributed by atoms with E-state index in [1.54, 1.807) is 18.2 Å². The van der Waals surface area contributed by atoms with Crippen LogP contribution in [-0.2, 0) is 11.4 Å². The number of nitriles is 1. The number of rotatable bonds is 7. The number of carboxylic acid groups (broad SMARTS) is 1. The smallest absolute Gasteiger partial charge is 0.335 e. The maximum absolute atomic E-state index is 11.2. The summed E-state index contributed by atoms with van der Waals surface area (Å²) in [4.78, 5) is 22.1. The van der Waals surface area contributed by atoms with Crippen LogP contribution in [-0.4, -0.2) is 23.2 Å². The van der Waals surface area contributed by atoms with E-state index in [1.807, 2.05) is 12.1 Å². The lowest BCUT2D eigenvalue weighted by molar-refractivity contribution is -0.120. The lowest BCUT2D eigenvalue weighted by Crippen LogP contribution is -2.16. The van der Waals surface area contributed by atoms with Crippen LogP contribution in [0.1, 0.15) is 27.9 Å². The van der Waals surface area contributed by atoms with Crippen molar-refractivity contribution in [1.82, 2.24) is 5.43 Å². The third-order valence-electron chi connectivity index (χ3n) is 3.25. The van der Waals surface area contributed by atoms with E-state index in [0.717, 1.165) is 18.3 Å². The van der Waals surface area contributed by atoms with Gasteiger partial charge in [-0.05, 0) is 80.6 Å². The number of nitrogens with one attached hydrogen (secondary N) is 1. The molecule has 2 aromatic carbocycles. The summed E-state index contributed by atoms with van der Waals surface area (Å²) in [6.45, 7) is 0.309. The molecule has 2 N–H and O–H groups in total. The summed E-state index contributed by atoms with van der Waals surface area (Å²) in [5, 5.41) is 21.2. The van der Waals surface area contributed by atoms with Gasteiger partial charge in [0.2, 0.25) is 0 Å². The first kappa shape index (κ1) is 21.1. The van der Waals surface area contributed by atoms with Crippen molar-refractivity contribution in [2.24, 2.45) is 5.10 Å². The first-order valence-corrected chi connectivity index (χ1v) is 9.69. The van der Waals surface area contributed by atoms with Gasteiger partial charge in [0.1, 0.15) is 18.8 Å². The van der Waals surface area contributed by atoms with Gasteiger partial charge < -0.3 is 9.84 Å². The van der Waals surface area contributed by atoms with Crippen molar-refractivity contribution < 1.29 is 19.4 Å². The van der Waals surface area contributed by atoms with E-state index in [2.05, 4.69) is 55.7 Å². The van der Waals surface area contributed by atoms with Gasteiger partial charge in [0, 0.05) is 0 Å². The second-order valence-electron chi connectivity index (χ2n) is 5.23. The Labute approximate surface area is 182 Å². The Bertz CT molecular complexity index is 898. The molecule has 0 atom stereocenters. The molecule has 9 heteroatoms. The highest BCUT2D eigenvalue weighted by atomic mass is 127. The summed E-state index contributed by atoms with van der Waals surface area (Å²) in [7, 11) is 0. The Morgan fingerprint density at radius 1 is 1.22 bits per heavy atom. The zero-order valence-corrected chi connectivity index (χ0v) is 18.1. The third kappa shape index (κ3) is 6.47. The SMILES string of the molecule is N#CCC(=O)N/N=C\c1cc(I)c(OCc2ccc(C(=O)O)cc2)c(I)c1. The van der Waals surface area contributed by atoms with Gasteiger partial charge in [0.15, 0.2) is 0 Å². The van der Waals surface area contributed by atoms with Crippen LogP contribution in [0.3, 0.4) is 0 Å². The van der Waals surface area contributed by atoms with Crippen molar-refractivity contribution in [3.63, 3.8) is 0 Å². The highest BCUT2D eigenvalue weighted by molar-refractivity contribution is 14.1. The molecule has 0 saturated carbocycles. The summed E-state index contributed by atoms with van der Waals surface area (Å²) in [6.07, 6.45) is 1.25. The molecule has 7 nitrogen and oxygen atoms in total. The van der Waals surface area contributed by atoms with Crippen LogP contribution in [0.2, 0.25) is 0 Å². The van der Waals surface area contributed by atoms with Gasteiger partial charge in [-0.15, -0.1) is 0 Å². The Balaban J connectivity index is 2.03. The maximum Gasteiger partial charge on any atom is 0.335 e. The number of amides is 1. The van der Waals surface area contributed by atoms with Crippen molar-refractivity contribution in [1.29, 1.82) is 5.26 Å². The van der Waals surface area contributed by atoms with Gasteiger partial charge in [-0.2, -0.15) is 10.4 Å². The van der Waals surface area contributed by atoms with E-state index in [-0.39, 0.29) is 12.0 Å². The Kier molecular flexibility index (Phi) is 7.99. The molecule has 0 aliphatic heterocycles. The normalized spacial score (nSPS) is 10.4. The number of hydrogen-bond acceptors (Lipinski definition) is 5. The molecule has 0 aromatic heterocycles. The highest BCUT2D eigenvalue weighted by Crippen LogP contribution is 2.29. The van der Waals surface area contributed by atoms with Gasteiger partial charge in [0.05, 0.1) is 25.0 Å². The first-order valence-electron chi connectivity index (χ1n) is 7.53. The van der Waals surface area contributed by atoms with Crippen molar-refractivity contribution in [3.05, 3.63) is 60.2 Å². The molecule has 0 unspecified atom stereocenters. The van der Waals surface area contributed by atoms with E-state index < -0.39 is 11.9 Å². The molecule has 0 saturated heterocycles. The fourth-order valence-corrected chi connectivity index (χ4v) is 4.11. The summed E-state index contributed by atoms with van der Waals surface area (Å²) < 4.78 is 7.61. The van der Waals surface area contributed by atoms with Crippen LogP contribution in [0, 0.1) is 18.5 Å². The van der Waals surface area contributed by atoms with Crippen LogP contribution in [0.25, 0.3) is 0 Å². The summed E-state index contributed by atoms with van der Waals surface area (Å²) in [5.41, 5.74) is 4.14. The van der Waals surface area contributed by atoms with E-state index in [1.165, 1.54) is 18.3 Å². The molecule has 27 heavy (non-hydrogen) atoms. The van der Waals surface area contributed by atoms with Crippen molar-refractivity contribution in [3.8, 4) is 11.8 Å². The standard InChI is InChI=1S/C18H13I2N3O4/c19-14-7-12(9-22-23-16(24)5-6-21)8-15(20)17(14)27-10-11-1-3-13(4-2-11)18(25)26/h1-4,7-9H,5,10H2,(H,23,24)(H,25,26)/b22-9-. The topological polar surface area (TPSA) is 112 Å². The van der Waals surface area contributed by atoms with Gasteiger partial charge in [-0.3, -0.25) is 4.79 Å². The van der Waals surface area contributed by atoms with Crippen LogP contribution < -0.4 is 10.2 Å². The lowest BCUT2D eigenvalue weighted by atomic mass is 10.1. The Morgan fingerprint density at radius 2 is 1.85 bits per heavy atom. The second kappa shape index (κ2) is 10.2. The minimum absolute atomic E-state index is 0.230. The summed E-state index contributed by atoms with van der Waals surface area (Å²) in [6, 6.07) is 12.0. The predicted octanol–water partition coefficient (Wildman–Crippen LogP) is 3.54. The van der Waals surface area contributed by atoms with Gasteiger partial charge in [-0.25, -0.2) is 10.2 Å². The maximum atomic E-state index is 11.2. The van der Waals surface area contributed by atoms with E-state index >= 15 is 0 Å². The fourth-order valence-electron chi connectivity index (χ4n) is 1.98. The minimum Gasteiger partial charge on any atom is -0.487 e. The quantitative estimate of drug-likeness (QED) is 0.292. The number of aromatic carboxylic acids is 1. The molecule has 0 aliphatic carbocycles. The van der Waals surface area contributed by atoms with Crippen molar-refractivity contribution in [2.45, 2.75) is 13.0 Å². The third-order valence-corrected chi connectivity index (χ3v) is 4.85. The van der Waals surface area contributed by atoms with E-state index in [0.29, 0.717) is 12.4 Å². The Morgan fingerprint density at radius 3 is 2.41 bits per heavy atom. The van der Waals surface area contributed by atoms with Crippen molar-refractivity contribution >= 4 is 63.3 Å². The number of halogens is 2. The minimum atomic E-state index is -0.965. The molecule has 1 amide bonds. The Hall–Kier alpha value is -2.20. The molecule has 0 radical (unpaired) electrons. The monoisotopic (exact) mass is 589 g/mol. The molecule has 138 valence electrons. The number of carboxylic acids is 1. The number of benzene rings is 2. The first-order chi connectivity index (χ1) is 12.9. The molecular weight excluding hydrogens is 576 g/mol. The largest absolute Gasteiger partial charge is 0.487 e. The summed E-state index contributed by atoms with van der Waals surface area (Å²) in [5.74, 6) is -0.719. The lowest BCUT2D eigenvalue weighted by Gasteiger charge is -2.11. The average molecular weight is 589 g/mol. The number of hydrazone groups is 1. The van der Waals surface area contributed by atoms with E-state index in [9.17, 15) is 9.59 Å². The summed E-state index contributed by atoms with van der Waals surface area (Å²) >= 11 is 4.29. The highest BCUT2D eigenvalue weighted by Gasteiger charge is 2.09. The predicted molar refractivity (Wildman–Crippen MR) is 116 cm³/mol. The molecule has 0 spiro atoms. The molecule has 0 fully saturated rings.